The molecule has 2 aromatic carbocycles. The Balaban J connectivity index is 1.63. The van der Waals surface area contributed by atoms with Crippen molar-refractivity contribution in [3.63, 3.8) is 0 Å². The van der Waals surface area contributed by atoms with Gasteiger partial charge in [0.1, 0.15) is 5.82 Å². The Kier molecular flexibility index (Phi) is 8.46. The number of urea groups is 1. The number of amides is 3. The smallest absolute Gasteiger partial charge is 0.338 e. The maximum absolute atomic E-state index is 14.8. The molecule has 1 N–H and O–H groups in total. The Morgan fingerprint density at radius 3 is 2.42 bits per heavy atom. The predicted molar refractivity (Wildman–Crippen MR) is 142 cm³/mol. The van der Waals surface area contributed by atoms with E-state index < -0.39 is 23.9 Å². The van der Waals surface area contributed by atoms with Crippen LogP contribution in [0.5, 0.6) is 0 Å². The second-order valence-corrected chi connectivity index (χ2v) is 9.68. The number of ether oxygens (including phenoxy) is 1. The number of rotatable bonds is 7. The molecule has 1 saturated heterocycles. The Bertz CT molecular complexity index is 1230. The molecule has 2 aromatic rings. The first kappa shape index (κ1) is 27.3. The maximum atomic E-state index is 14.8. The topological polar surface area (TPSA) is 82.2 Å². The summed E-state index contributed by atoms with van der Waals surface area (Å²) >= 11 is 0. The van der Waals surface area contributed by atoms with Gasteiger partial charge in [0.15, 0.2) is 0 Å². The number of esters is 1. The molecule has 2 heterocycles. The van der Waals surface area contributed by atoms with Crippen molar-refractivity contribution in [3.8, 4) is 0 Å². The van der Waals surface area contributed by atoms with Gasteiger partial charge < -0.3 is 15.0 Å². The standard InChI is InChI=1S/C29H35FN4O4/c1-5-33-24(18-32-15-16-34(20(4)17-32)27(35)21-13-11-19(3)12-14-21)25(28(36)38-6-2)26(31-29(33)37)22-9-7-8-10-23(22)30/h7-14,20,26H,5-6,15-18H2,1-4H3,(H,31,37)/t20-,26-/m1/s1. The molecule has 8 nitrogen and oxygen atoms in total. The molecule has 0 spiro atoms. The van der Waals surface area contributed by atoms with E-state index in [1.54, 1.807) is 25.1 Å². The molecule has 1 fully saturated rings. The van der Waals surface area contributed by atoms with E-state index in [1.165, 1.54) is 11.0 Å². The molecule has 38 heavy (non-hydrogen) atoms. The first-order valence-corrected chi connectivity index (χ1v) is 13.1. The summed E-state index contributed by atoms with van der Waals surface area (Å²) in [6.07, 6.45) is 0. The summed E-state index contributed by atoms with van der Waals surface area (Å²) in [7, 11) is 0. The highest BCUT2D eigenvalue weighted by Gasteiger charge is 2.40. The normalized spacial score (nSPS) is 20.4. The van der Waals surface area contributed by atoms with Gasteiger partial charge in [0.2, 0.25) is 0 Å². The number of nitrogens with zero attached hydrogens (tertiary/aromatic N) is 3. The lowest BCUT2D eigenvalue weighted by molar-refractivity contribution is -0.139. The first-order valence-electron chi connectivity index (χ1n) is 13.1. The van der Waals surface area contributed by atoms with E-state index in [1.807, 2.05) is 49.9 Å². The lowest BCUT2D eigenvalue weighted by Gasteiger charge is -2.43. The molecule has 202 valence electrons. The molecular formula is C29H35FN4O4. The molecule has 0 aliphatic carbocycles. The zero-order chi connectivity index (χ0) is 27.4. The fourth-order valence-electron chi connectivity index (χ4n) is 5.15. The molecule has 4 rings (SSSR count). The largest absolute Gasteiger partial charge is 0.463 e. The van der Waals surface area contributed by atoms with Crippen LogP contribution in [0, 0.1) is 12.7 Å². The number of hydrogen-bond acceptors (Lipinski definition) is 5. The predicted octanol–water partition coefficient (Wildman–Crippen LogP) is 3.88. The van der Waals surface area contributed by atoms with Crippen molar-refractivity contribution in [1.82, 2.24) is 20.0 Å². The molecule has 0 unspecified atom stereocenters. The van der Waals surface area contributed by atoms with Crippen molar-refractivity contribution < 1.29 is 23.5 Å². The Hall–Kier alpha value is -3.72. The summed E-state index contributed by atoms with van der Waals surface area (Å²) in [5.74, 6) is -1.12. The number of benzene rings is 2. The summed E-state index contributed by atoms with van der Waals surface area (Å²) in [5, 5.41) is 2.80. The molecular weight excluding hydrogens is 487 g/mol. The summed E-state index contributed by atoms with van der Waals surface area (Å²) in [5.41, 5.74) is 2.67. The number of carbonyl (C=O) groups is 3. The van der Waals surface area contributed by atoms with Crippen LogP contribution in [0.4, 0.5) is 9.18 Å². The van der Waals surface area contributed by atoms with Crippen LogP contribution in [0.15, 0.2) is 59.8 Å². The van der Waals surface area contributed by atoms with Gasteiger partial charge in [-0.2, -0.15) is 0 Å². The monoisotopic (exact) mass is 522 g/mol. The minimum absolute atomic E-state index is 0.0181. The summed E-state index contributed by atoms with van der Waals surface area (Å²) in [6, 6.07) is 12.2. The third-order valence-electron chi connectivity index (χ3n) is 7.11. The van der Waals surface area contributed by atoms with Crippen molar-refractivity contribution in [2.24, 2.45) is 0 Å². The fourth-order valence-corrected chi connectivity index (χ4v) is 5.15. The Labute approximate surface area is 223 Å². The van der Waals surface area contributed by atoms with Gasteiger partial charge in [-0.3, -0.25) is 14.6 Å². The van der Waals surface area contributed by atoms with Crippen LogP contribution in [0.3, 0.4) is 0 Å². The molecule has 0 radical (unpaired) electrons. The lowest BCUT2D eigenvalue weighted by Crippen LogP contribution is -2.56. The van der Waals surface area contributed by atoms with Crippen molar-refractivity contribution in [2.45, 2.75) is 39.8 Å². The second-order valence-electron chi connectivity index (χ2n) is 9.68. The van der Waals surface area contributed by atoms with Gasteiger partial charge >= 0.3 is 12.0 Å². The van der Waals surface area contributed by atoms with E-state index in [2.05, 4.69) is 10.2 Å². The molecule has 2 atom stereocenters. The number of carbonyl (C=O) groups excluding carboxylic acids is 3. The van der Waals surface area contributed by atoms with Crippen LogP contribution in [0.25, 0.3) is 0 Å². The molecule has 9 heteroatoms. The third-order valence-corrected chi connectivity index (χ3v) is 7.11. The number of likely N-dealkylation sites (N-methyl/N-ethyl adjacent to an activating group) is 1. The minimum atomic E-state index is -0.970. The van der Waals surface area contributed by atoms with E-state index >= 15 is 0 Å². The van der Waals surface area contributed by atoms with Crippen LogP contribution in [0.2, 0.25) is 0 Å². The van der Waals surface area contributed by atoms with Crippen molar-refractivity contribution in [3.05, 3.63) is 82.3 Å². The number of halogens is 1. The van der Waals surface area contributed by atoms with Gasteiger partial charge in [-0.15, -0.1) is 0 Å². The van der Waals surface area contributed by atoms with Crippen LogP contribution in [-0.2, 0) is 9.53 Å². The molecule has 0 bridgehead atoms. The zero-order valence-corrected chi connectivity index (χ0v) is 22.4. The van der Waals surface area contributed by atoms with Crippen LogP contribution >= 0.6 is 0 Å². The number of hydrogen-bond donors (Lipinski definition) is 1. The molecule has 2 aliphatic heterocycles. The molecule has 0 aromatic heterocycles. The van der Waals surface area contributed by atoms with Gasteiger partial charge in [0, 0.05) is 55.6 Å². The first-order chi connectivity index (χ1) is 18.2. The van der Waals surface area contributed by atoms with Crippen molar-refractivity contribution >= 4 is 17.9 Å². The van der Waals surface area contributed by atoms with Crippen molar-refractivity contribution in [1.29, 1.82) is 0 Å². The zero-order valence-electron chi connectivity index (χ0n) is 22.4. The van der Waals surface area contributed by atoms with Gasteiger partial charge in [-0.25, -0.2) is 14.0 Å². The van der Waals surface area contributed by atoms with Gasteiger partial charge in [0.05, 0.1) is 18.2 Å². The average Bonchev–Trinajstić information content (AvgIpc) is 2.89. The van der Waals surface area contributed by atoms with E-state index in [9.17, 15) is 18.8 Å². The Morgan fingerprint density at radius 2 is 1.79 bits per heavy atom. The minimum Gasteiger partial charge on any atom is -0.463 e. The SMILES string of the molecule is CCOC(=O)C1=C(CN2CCN(C(=O)c3ccc(C)cc3)[C@H](C)C2)N(CC)C(=O)N[C@@H]1c1ccccc1F. The van der Waals surface area contributed by atoms with Crippen LogP contribution in [-0.4, -0.2) is 78.0 Å². The molecule has 0 saturated carbocycles. The molecule has 3 amide bonds. The van der Waals surface area contributed by atoms with Gasteiger partial charge in [-0.1, -0.05) is 35.9 Å². The lowest BCUT2D eigenvalue weighted by atomic mass is 9.93. The van der Waals surface area contributed by atoms with Gasteiger partial charge in [-0.05, 0) is 45.9 Å². The summed E-state index contributed by atoms with van der Waals surface area (Å²) in [4.78, 5) is 45.0. The highest BCUT2D eigenvalue weighted by Crippen LogP contribution is 2.33. The third kappa shape index (κ3) is 5.57. The quantitative estimate of drug-likeness (QED) is 0.558. The van der Waals surface area contributed by atoms with E-state index in [0.29, 0.717) is 37.4 Å². The van der Waals surface area contributed by atoms with Crippen LogP contribution < -0.4 is 5.32 Å². The number of nitrogens with one attached hydrogen (secondary N) is 1. The fraction of sp³-hybridized carbons (Fsp3) is 0.414. The average molecular weight is 523 g/mol. The number of aryl methyl sites for hydroxylation is 1. The second kappa shape index (κ2) is 11.8. The summed E-state index contributed by atoms with van der Waals surface area (Å²) in [6.45, 7) is 9.90. The van der Waals surface area contributed by atoms with Gasteiger partial charge in [0.25, 0.3) is 5.91 Å². The Morgan fingerprint density at radius 1 is 1.08 bits per heavy atom. The van der Waals surface area contributed by atoms with E-state index in [4.69, 9.17) is 4.74 Å². The molecule has 2 aliphatic rings. The summed E-state index contributed by atoms with van der Waals surface area (Å²) < 4.78 is 20.2. The highest BCUT2D eigenvalue weighted by molar-refractivity contribution is 5.95. The van der Waals surface area contributed by atoms with E-state index in [0.717, 1.165) is 5.56 Å². The highest BCUT2D eigenvalue weighted by atomic mass is 19.1. The maximum Gasteiger partial charge on any atom is 0.338 e. The van der Waals surface area contributed by atoms with Crippen molar-refractivity contribution in [2.75, 3.05) is 39.3 Å². The number of piperazine rings is 1. The van der Waals surface area contributed by atoms with Crippen LogP contribution in [0.1, 0.15) is 48.3 Å². The van der Waals surface area contributed by atoms with E-state index in [-0.39, 0.29) is 36.2 Å².